The van der Waals surface area contributed by atoms with Crippen molar-refractivity contribution in [1.82, 2.24) is 29.0 Å². The Hall–Kier alpha value is -4.46. The molecule has 0 atom stereocenters. The van der Waals surface area contributed by atoms with Crippen LogP contribution in [-0.4, -0.2) is 48.0 Å². The van der Waals surface area contributed by atoms with Crippen LogP contribution in [0.25, 0.3) is 10.9 Å². The van der Waals surface area contributed by atoms with Crippen molar-refractivity contribution in [2.24, 2.45) is 0 Å². The molecule has 1 fully saturated rings. The molecule has 1 saturated heterocycles. The molecular formula is C29H28N6O2. The molecule has 0 bridgehead atoms. The van der Waals surface area contributed by atoms with Gasteiger partial charge in [0.25, 0.3) is 5.91 Å². The van der Waals surface area contributed by atoms with E-state index in [0.717, 1.165) is 36.4 Å². The molecule has 0 radical (unpaired) electrons. The van der Waals surface area contributed by atoms with Gasteiger partial charge >= 0.3 is 0 Å². The molecule has 2 aromatic carbocycles. The topological polar surface area (TPSA) is 88.8 Å². The minimum atomic E-state index is -0.260. The molecule has 37 heavy (non-hydrogen) atoms. The molecular weight excluding hydrogens is 464 g/mol. The highest BCUT2D eigenvalue weighted by molar-refractivity contribution is 6.05. The number of hydrogen-bond donors (Lipinski definition) is 1. The van der Waals surface area contributed by atoms with E-state index in [1.54, 1.807) is 0 Å². The van der Waals surface area contributed by atoms with Gasteiger partial charge in [-0.15, -0.1) is 0 Å². The predicted octanol–water partition coefficient (Wildman–Crippen LogP) is 4.04. The number of likely N-dealkylation sites (tertiary alicyclic amines) is 1. The third-order valence-electron chi connectivity index (χ3n) is 7.19. The fourth-order valence-corrected chi connectivity index (χ4v) is 5.28. The van der Waals surface area contributed by atoms with E-state index in [1.807, 2.05) is 60.0 Å². The van der Waals surface area contributed by atoms with E-state index in [1.165, 1.54) is 11.6 Å². The van der Waals surface area contributed by atoms with Crippen molar-refractivity contribution in [2.75, 3.05) is 13.1 Å². The Bertz CT molecular complexity index is 1590. The van der Waals surface area contributed by atoms with Crippen LogP contribution in [0.1, 0.15) is 46.3 Å². The second-order valence-electron chi connectivity index (χ2n) is 9.53. The number of imidazole rings is 2. The number of pyridine rings is 1. The lowest BCUT2D eigenvalue weighted by Gasteiger charge is -2.32. The van der Waals surface area contributed by atoms with Gasteiger partial charge in [0.2, 0.25) is 5.56 Å². The van der Waals surface area contributed by atoms with Gasteiger partial charge in [-0.1, -0.05) is 48.5 Å². The van der Waals surface area contributed by atoms with Crippen LogP contribution in [-0.2, 0) is 13.1 Å². The van der Waals surface area contributed by atoms with Crippen LogP contribution in [0.5, 0.6) is 0 Å². The summed E-state index contributed by atoms with van der Waals surface area (Å²) < 4.78 is 4.35. The third kappa shape index (κ3) is 4.70. The number of nitrogens with zero attached hydrogens (tertiary/aromatic N) is 5. The molecule has 3 aromatic heterocycles. The summed E-state index contributed by atoms with van der Waals surface area (Å²) in [5.41, 5.74) is 2.12. The normalized spacial score (nSPS) is 14.3. The first kappa shape index (κ1) is 23.0. The molecule has 4 heterocycles. The molecule has 5 aromatic rings. The van der Waals surface area contributed by atoms with Gasteiger partial charge in [-0.2, -0.15) is 0 Å². The van der Waals surface area contributed by atoms with Crippen molar-refractivity contribution in [3.8, 4) is 0 Å². The van der Waals surface area contributed by atoms with Gasteiger partial charge in [0.05, 0.1) is 12.1 Å². The first-order valence-electron chi connectivity index (χ1n) is 12.6. The molecule has 0 saturated carbocycles. The molecule has 1 amide bonds. The summed E-state index contributed by atoms with van der Waals surface area (Å²) in [4.78, 5) is 39.5. The number of H-pyrrole nitrogens is 1. The predicted molar refractivity (Wildman–Crippen MR) is 142 cm³/mol. The lowest BCUT2D eigenvalue weighted by atomic mass is 9.95. The maximum atomic E-state index is 13.4. The number of aromatic nitrogens is 5. The number of amides is 1. The molecule has 1 aliphatic rings. The van der Waals surface area contributed by atoms with Crippen LogP contribution in [0.3, 0.4) is 0 Å². The van der Waals surface area contributed by atoms with Crippen LogP contribution >= 0.6 is 0 Å². The number of carbonyl (C=O) groups is 1. The fourth-order valence-electron chi connectivity index (χ4n) is 5.28. The van der Waals surface area contributed by atoms with Gasteiger partial charge in [0, 0.05) is 67.3 Å². The Kier molecular flexibility index (Phi) is 6.14. The summed E-state index contributed by atoms with van der Waals surface area (Å²) in [5.74, 6) is 2.18. The molecule has 8 nitrogen and oxygen atoms in total. The molecule has 6 rings (SSSR count). The average molecular weight is 493 g/mol. The number of nitrogens with one attached hydrogen (secondary N) is 1. The van der Waals surface area contributed by atoms with Gasteiger partial charge < -0.3 is 19.0 Å². The number of hydrogen-bond acceptors (Lipinski definition) is 4. The SMILES string of the molecule is O=C(c1cc(=O)[nH]c2ccccc12)N1CCC(c2nccn2Cc2nccn2Cc2ccccc2)CC1. The fraction of sp³-hybridized carbons (Fsp3) is 0.241. The minimum absolute atomic E-state index is 0.0907. The van der Waals surface area contributed by atoms with Crippen LogP contribution in [0, 0.1) is 0 Å². The number of benzene rings is 2. The van der Waals surface area contributed by atoms with E-state index in [2.05, 4.69) is 43.4 Å². The molecule has 1 aliphatic heterocycles. The third-order valence-corrected chi connectivity index (χ3v) is 7.19. The van der Waals surface area contributed by atoms with E-state index >= 15 is 0 Å². The zero-order valence-corrected chi connectivity index (χ0v) is 20.5. The Morgan fingerprint density at radius 2 is 1.62 bits per heavy atom. The Morgan fingerprint density at radius 3 is 2.46 bits per heavy atom. The van der Waals surface area contributed by atoms with E-state index in [4.69, 9.17) is 4.98 Å². The van der Waals surface area contributed by atoms with E-state index < -0.39 is 0 Å². The lowest BCUT2D eigenvalue weighted by molar-refractivity contribution is 0.0712. The molecule has 0 aliphatic carbocycles. The molecule has 1 N–H and O–H groups in total. The maximum absolute atomic E-state index is 13.4. The second-order valence-corrected chi connectivity index (χ2v) is 9.53. The first-order valence-corrected chi connectivity index (χ1v) is 12.6. The maximum Gasteiger partial charge on any atom is 0.254 e. The largest absolute Gasteiger partial charge is 0.339 e. The Morgan fingerprint density at radius 1 is 0.892 bits per heavy atom. The Balaban J connectivity index is 1.15. The molecule has 186 valence electrons. The molecule has 8 heteroatoms. The zero-order chi connectivity index (χ0) is 25.2. The highest BCUT2D eigenvalue weighted by Gasteiger charge is 2.28. The van der Waals surface area contributed by atoms with Gasteiger partial charge in [-0.05, 0) is 24.5 Å². The highest BCUT2D eigenvalue weighted by Crippen LogP contribution is 2.29. The number of rotatable bonds is 6. The standard InChI is InChI=1S/C29H28N6O2/c36-27-18-24(23-8-4-5-9-25(23)32-27)29(37)33-14-10-22(11-15-33)28-31-13-17-35(28)20-26-30-12-16-34(26)19-21-6-2-1-3-7-21/h1-9,12-13,16-18,22H,10-11,14-15,19-20H2,(H,32,36). The van der Waals surface area contributed by atoms with Crippen molar-refractivity contribution in [2.45, 2.75) is 31.8 Å². The van der Waals surface area contributed by atoms with Crippen LogP contribution < -0.4 is 5.56 Å². The summed E-state index contributed by atoms with van der Waals surface area (Å²) in [7, 11) is 0. The van der Waals surface area contributed by atoms with Crippen molar-refractivity contribution in [3.63, 3.8) is 0 Å². The van der Waals surface area contributed by atoms with Gasteiger partial charge in [0.15, 0.2) is 0 Å². The summed E-state index contributed by atoms with van der Waals surface area (Å²) in [6.45, 7) is 2.67. The van der Waals surface area contributed by atoms with Crippen molar-refractivity contribution < 1.29 is 4.79 Å². The minimum Gasteiger partial charge on any atom is -0.339 e. The molecule has 0 unspecified atom stereocenters. The van der Waals surface area contributed by atoms with E-state index in [-0.39, 0.29) is 17.4 Å². The van der Waals surface area contributed by atoms with Gasteiger partial charge in [-0.25, -0.2) is 9.97 Å². The summed E-state index contributed by atoms with van der Waals surface area (Å²) in [5, 5.41) is 0.774. The van der Waals surface area contributed by atoms with Crippen molar-refractivity contribution in [1.29, 1.82) is 0 Å². The Labute approximate surface area is 214 Å². The second kappa shape index (κ2) is 9.89. The van der Waals surface area contributed by atoms with Crippen molar-refractivity contribution in [3.05, 3.63) is 119 Å². The monoisotopic (exact) mass is 492 g/mol. The van der Waals surface area contributed by atoms with Crippen LogP contribution in [0.15, 0.2) is 90.2 Å². The van der Waals surface area contributed by atoms with Crippen LogP contribution in [0.4, 0.5) is 0 Å². The number of fused-ring (bicyclic) bond motifs is 1. The quantitative estimate of drug-likeness (QED) is 0.388. The first-order chi connectivity index (χ1) is 18.2. The number of para-hydroxylation sites is 1. The summed E-state index contributed by atoms with van der Waals surface area (Å²) >= 11 is 0. The summed E-state index contributed by atoms with van der Waals surface area (Å²) in [6, 6.07) is 19.2. The smallest absolute Gasteiger partial charge is 0.254 e. The lowest BCUT2D eigenvalue weighted by Crippen LogP contribution is -2.39. The average Bonchev–Trinajstić information content (AvgIpc) is 3.58. The van der Waals surface area contributed by atoms with Gasteiger partial charge in [0.1, 0.15) is 11.6 Å². The van der Waals surface area contributed by atoms with E-state index in [0.29, 0.717) is 30.7 Å². The highest BCUT2D eigenvalue weighted by atomic mass is 16.2. The van der Waals surface area contributed by atoms with Crippen LogP contribution in [0.2, 0.25) is 0 Å². The number of piperidine rings is 1. The summed E-state index contributed by atoms with van der Waals surface area (Å²) in [6.07, 6.45) is 9.36. The molecule has 0 spiro atoms. The van der Waals surface area contributed by atoms with E-state index in [9.17, 15) is 9.59 Å². The number of carbonyl (C=O) groups excluding carboxylic acids is 1. The zero-order valence-electron chi connectivity index (χ0n) is 20.5. The van der Waals surface area contributed by atoms with Crippen molar-refractivity contribution >= 4 is 16.8 Å². The van der Waals surface area contributed by atoms with Gasteiger partial charge in [-0.3, -0.25) is 9.59 Å². The number of aromatic amines is 1.